The Labute approximate surface area is 166 Å². The molecule has 2 aromatic rings. The molecule has 0 spiro atoms. The molecule has 12 heteroatoms. The molecular weight excluding hydrogens is 414 g/mol. The lowest BCUT2D eigenvalue weighted by atomic mass is 10.1. The molecule has 0 aliphatic heterocycles. The molecule has 2 rings (SSSR count). The molecule has 158 valence electrons. The number of benzene rings is 2. The van der Waals surface area contributed by atoms with Gasteiger partial charge in [-0.3, -0.25) is 0 Å². The average Bonchev–Trinajstić information content (AvgIpc) is 2.74. The first-order valence-electron chi connectivity index (χ1n) is 7.63. The third kappa shape index (κ3) is 5.44. The van der Waals surface area contributed by atoms with Crippen LogP contribution >= 0.6 is 0 Å². The van der Waals surface area contributed by atoms with E-state index in [9.17, 15) is 27.2 Å². The van der Waals surface area contributed by atoms with Gasteiger partial charge < -0.3 is 20.4 Å². The second-order valence-electron chi connectivity index (χ2n) is 5.20. The monoisotopic (exact) mass is 427 g/mol. The summed E-state index contributed by atoms with van der Waals surface area (Å²) in [5, 5.41) is 19.2. The Hall–Kier alpha value is -4.14. The number of oxime groups is 1. The Morgan fingerprint density at radius 1 is 0.900 bits per heavy atom. The van der Waals surface area contributed by atoms with Crippen molar-refractivity contribution in [3.63, 3.8) is 0 Å². The number of ether oxygens (including phenoxy) is 2. The van der Waals surface area contributed by atoms with Crippen molar-refractivity contribution in [1.82, 2.24) is 0 Å². The maximum Gasteiger partial charge on any atom is 0.340 e. The maximum absolute atomic E-state index is 13.3. The number of carbonyl (C=O) groups is 2. The Bertz CT molecular complexity index is 1050. The quantitative estimate of drug-likeness (QED) is 0.192. The molecule has 8 nitrogen and oxygen atoms in total. The van der Waals surface area contributed by atoms with Crippen LogP contribution in [0.4, 0.5) is 17.6 Å². The molecule has 0 aliphatic rings. The summed E-state index contributed by atoms with van der Waals surface area (Å²) in [5.41, 5.74) is 3.13. The highest BCUT2D eigenvalue weighted by Crippen LogP contribution is 2.16. The molecule has 0 saturated carbocycles. The first-order chi connectivity index (χ1) is 14.1. The fourth-order valence-electron chi connectivity index (χ4n) is 1.96. The van der Waals surface area contributed by atoms with Crippen LogP contribution in [0.15, 0.2) is 29.4 Å². The topological polar surface area (TPSA) is 135 Å². The van der Waals surface area contributed by atoms with Crippen LogP contribution in [-0.2, 0) is 9.47 Å². The maximum atomic E-state index is 13.3. The molecular formula is C18H13F4N3O5. The number of rotatable bonds is 3. The van der Waals surface area contributed by atoms with Gasteiger partial charge >= 0.3 is 11.9 Å². The van der Waals surface area contributed by atoms with Gasteiger partial charge in [-0.1, -0.05) is 5.16 Å². The number of amidine groups is 1. The zero-order chi connectivity index (χ0) is 23.0. The van der Waals surface area contributed by atoms with Crippen molar-refractivity contribution in [2.75, 3.05) is 14.2 Å². The van der Waals surface area contributed by atoms with E-state index in [1.165, 1.54) is 6.07 Å². The van der Waals surface area contributed by atoms with Crippen molar-refractivity contribution >= 4 is 17.8 Å². The fraction of sp³-hybridized carbons (Fsp3) is 0.111. The molecule has 0 atom stereocenters. The summed E-state index contributed by atoms with van der Waals surface area (Å²) >= 11 is 0. The first-order valence-corrected chi connectivity index (χ1v) is 7.63. The second-order valence-corrected chi connectivity index (χ2v) is 5.20. The van der Waals surface area contributed by atoms with E-state index >= 15 is 0 Å². The van der Waals surface area contributed by atoms with Gasteiger partial charge in [0.05, 0.1) is 36.5 Å². The molecule has 0 bridgehead atoms. The Balaban J connectivity index is 0.000000303. The van der Waals surface area contributed by atoms with E-state index in [-0.39, 0.29) is 0 Å². The minimum atomic E-state index is -1.02. The van der Waals surface area contributed by atoms with Gasteiger partial charge in [-0.05, 0) is 24.3 Å². The van der Waals surface area contributed by atoms with E-state index < -0.39 is 63.3 Å². The fourth-order valence-corrected chi connectivity index (χ4v) is 1.96. The largest absolute Gasteiger partial charge is 0.465 e. The lowest BCUT2D eigenvalue weighted by molar-refractivity contribution is 0.0585. The van der Waals surface area contributed by atoms with Crippen molar-refractivity contribution in [2.45, 2.75) is 0 Å². The van der Waals surface area contributed by atoms with E-state index in [0.717, 1.165) is 14.2 Å². The number of hydrogen-bond donors (Lipinski definition) is 2. The molecule has 0 radical (unpaired) electrons. The van der Waals surface area contributed by atoms with E-state index in [1.54, 1.807) is 0 Å². The molecule has 0 aromatic heterocycles. The number of esters is 2. The van der Waals surface area contributed by atoms with E-state index in [4.69, 9.17) is 16.2 Å². The van der Waals surface area contributed by atoms with Gasteiger partial charge in [-0.15, -0.1) is 0 Å². The third-order valence-electron chi connectivity index (χ3n) is 3.43. The van der Waals surface area contributed by atoms with Crippen molar-refractivity contribution in [2.24, 2.45) is 10.9 Å². The Morgan fingerprint density at radius 2 is 1.30 bits per heavy atom. The number of hydrogen-bond acceptors (Lipinski definition) is 7. The minimum absolute atomic E-state index is 0.437. The summed E-state index contributed by atoms with van der Waals surface area (Å²) in [4.78, 5) is 21.9. The van der Waals surface area contributed by atoms with E-state index in [0.29, 0.717) is 24.3 Å². The number of carbonyl (C=O) groups excluding carboxylic acids is 2. The van der Waals surface area contributed by atoms with Crippen molar-refractivity contribution < 1.29 is 41.8 Å². The first kappa shape index (κ1) is 23.9. The van der Waals surface area contributed by atoms with Crippen LogP contribution in [0.2, 0.25) is 0 Å². The van der Waals surface area contributed by atoms with Gasteiger partial charge in [0.25, 0.3) is 0 Å². The lowest BCUT2D eigenvalue weighted by Crippen LogP contribution is -2.17. The standard InChI is InChI=1S/C9H8F2N2O3.C9H5F2NO2/c1-16-9(14)5-3-6(10)4(2-7(5)11)8(12)13-15;1-14-9(13)6-3-7(10)5(4-12)2-8(6)11/h2-3,15H,1H3,(H2,12,13);2-3H,1H3. The SMILES string of the molecule is COC(=O)c1cc(F)c(C#N)cc1F.COC(=O)c1cc(F)c(C(N)=NO)cc1F. The van der Waals surface area contributed by atoms with Crippen LogP contribution in [0.5, 0.6) is 0 Å². The van der Waals surface area contributed by atoms with Crippen LogP contribution < -0.4 is 5.73 Å². The molecule has 0 amide bonds. The number of nitrogens with two attached hydrogens (primary N) is 1. The summed E-state index contributed by atoms with van der Waals surface area (Å²) in [7, 11) is 2.09. The highest BCUT2D eigenvalue weighted by atomic mass is 19.1. The van der Waals surface area contributed by atoms with Crippen LogP contribution in [0.3, 0.4) is 0 Å². The van der Waals surface area contributed by atoms with Crippen molar-refractivity contribution in [3.8, 4) is 6.07 Å². The third-order valence-corrected chi connectivity index (χ3v) is 3.43. The average molecular weight is 427 g/mol. The number of nitrogens with zero attached hydrogens (tertiary/aromatic N) is 2. The summed E-state index contributed by atoms with van der Waals surface area (Å²) in [5.74, 6) is -6.52. The molecule has 3 N–H and O–H groups in total. The summed E-state index contributed by atoms with van der Waals surface area (Å²) in [6, 6.07) is 4.02. The Kier molecular flexibility index (Phi) is 8.30. The normalized spacial score (nSPS) is 10.4. The molecule has 30 heavy (non-hydrogen) atoms. The van der Waals surface area contributed by atoms with Crippen LogP contribution in [0.25, 0.3) is 0 Å². The van der Waals surface area contributed by atoms with Gasteiger partial charge in [-0.25, -0.2) is 27.2 Å². The van der Waals surface area contributed by atoms with Crippen LogP contribution in [0, 0.1) is 34.6 Å². The highest BCUT2D eigenvalue weighted by Gasteiger charge is 2.18. The van der Waals surface area contributed by atoms with Gasteiger partial charge in [0.1, 0.15) is 29.3 Å². The predicted molar refractivity (Wildman–Crippen MR) is 92.6 cm³/mol. The number of halogens is 4. The van der Waals surface area contributed by atoms with Gasteiger partial charge in [-0.2, -0.15) is 5.26 Å². The number of nitriles is 1. The lowest BCUT2D eigenvalue weighted by Gasteiger charge is -2.05. The van der Waals surface area contributed by atoms with Gasteiger partial charge in [0.15, 0.2) is 5.84 Å². The smallest absolute Gasteiger partial charge is 0.340 e. The Morgan fingerprint density at radius 3 is 1.73 bits per heavy atom. The van der Waals surface area contributed by atoms with Crippen LogP contribution in [0.1, 0.15) is 31.8 Å². The predicted octanol–water partition coefficient (Wildman–Crippen LogP) is 2.47. The summed E-state index contributed by atoms with van der Waals surface area (Å²) in [6.07, 6.45) is 0. The van der Waals surface area contributed by atoms with Crippen molar-refractivity contribution in [1.29, 1.82) is 5.26 Å². The highest BCUT2D eigenvalue weighted by molar-refractivity contribution is 5.98. The summed E-state index contributed by atoms with van der Waals surface area (Å²) in [6.45, 7) is 0. The second kappa shape index (κ2) is 10.4. The molecule has 0 aliphatic carbocycles. The van der Waals surface area contributed by atoms with E-state index in [1.807, 2.05) is 0 Å². The van der Waals surface area contributed by atoms with Gasteiger partial charge in [0, 0.05) is 0 Å². The molecule has 0 saturated heterocycles. The number of methoxy groups -OCH3 is 2. The molecule has 0 unspecified atom stereocenters. The zero-order valence-corrected chi connectivity index (χ0v) is 15.4. The van der Waals surface area contributed by atoms with Gasteiger partial charge in [0.2, 0.25) is 0 Å². The van der Waals surface area contributed by atoms with Crippen molar-refractivity contribution in [3.05, 3.63) is 69.8 Å². The molecule has 0 heterocycles. The summed E-state index contributed by atoms with van der Waals surface area (Å²) < 4.78 is 61.0. The molecule has 0 fully saturated rings. The van der Waals surface area contributed by atoms with Crippen LogP contribution in [-0.4, -0.2) is 37.2 Å². The van der Waals surface area contributed by atoms with E-state index in [2.05, 4.69) is 14.6 Å². The molecule has 2 aromatic carbocycles. The zero-order valence-electron chi connectivity index (χ0n) is 15.4. The minimum Gasteiger partial charge on any atom is -0.465 e.